The minimum Gasteiger partial charge on any atom is -0.392 e. The maximum atomic E-state index is 11.1. The Morgan fingerprint density at radius 2 is 2.13 bits per heavy atom. The molecule has 92 valence electrons. The second kappa shape index (κ2) is 8.04. The summed E-state index contributed by atoms with van der Waals surface area (Å²) in [7, 11) is -1.36. The lowest BCUT2D eigenvalue weighted by Crippen LogP contribution is -2.30. The van der Waals surface area contributed by atoms with Crippen LogP contribution in [0.25, 0.3) is 0 Å². The molecule has 0 aliphatic rings. The van der Waals surface area contributed by atoms with Crippen LogP contribution in [0.15, 0.2) is 0 Å². The van der Waals surface area contributed by atoms with E-state index in [1.165, 1.54) is 0 Å². The third-order valence-corrected chi connectivity index (χ3v) is 3.80. The summed E-state index contributed by atoms with van der Waals surface area (Å²) in [5.74, 6) is 0.188. The van der Waals surface area contributed by atoms with E-state index in [9.17, 15) is 13.5 Å². The summed E-state index contributed by atoms with van der Waals surface area (Å²) in [6.45, 7) is 3.26. The fraction of sp³-hybridized carbons (Fsp3) is 1.00. The van der Waals surface area contributed by atoms with Crippen LogP contribution in [0.1, 0.15) is 13.3 Å². The van der Waals surface area contributed by atoms with Crippen molar-refractivity contribution >= 4 is 9.84 Å². The van der Waals surface area contributed by atoms with Crippen molar-refractivity contribution in [3.05, 3.63) is 0 Å². The number of ether oxygens (including phenoxy) is 1. The van der Waals surface area contributed by atoms with Crippen molar-refractivity contribution in [2.24, 2.45) is 0 Å². The average molecular weight is 239 g/mol. The molecule has 0 aromatic rings. The van der Waals surface area contributed by atoms with Crippen molar-refractivity contribution in [1.82, 2.24) is 5.32 Å². The largest absolute Gasteiger partial charge is 0.392 e. The molecule has 0 saturated heterocycles. The lowest BCUT2D eigenvalue weighted by Gasteiger charge is -2.11. The summed E-state index contributed by atoms with van der Waals surface area (Å²) >= 11 is 0. The number of methoxy groups -OCH3 is 1. The highest BCUT2D eigenvalue weighted by atomic mass is 32.2. The Morgan fingerprint density at radius 3 is 2.67 bits per heavy atom. The van der Waals surface area contributed by atoms with Crippen LogP contribution in [0, 0.1) is 0 Å². The van der Waals surface area contributed by atoms with Crippen molar-refractivity contribution < 1.29 is 18.3 Å². The Hall–Kier alpha value is -0.170. The van der Waals surface area contributed by atoms with Gasteiger partial charge >= 0.3 is 0 Å². The fourth-order valence-corrected chi connectivity index (χ4v) is 1.92. The zero-order valence-electron chi connectivity index (χ0n) is 9.40. The Labute approximate surface area is 91.7 Å². The molecule has 1 unspecified atom stereocenters. The molecule has 0 bridgehead atoms. The zero-order valence-corrected chi connectivity index (χ0v) is 10.2. The highest BCUT2D eigenvalue weighted by Crippen LogP contribution is 1.97. The lowest BCUT2D eigenvalue weighted by atomic mass is 10.3. The number of hydrogen-bond acceptors (Lipinski definition) is 5. The van der Waals surface area contributed by atoms with Crippen LogP contribution in [-0.4, -0.2) is 57.9 Å². The minimum atomic E-state index is -2.96. The van der Waals surface area contributed by atoms with E-state index < -0.39 is 15.9 Å². The van der Waals surface area contributed by atoms with Gasteiger partial charge in [-0.25, -0.2) is 8.42 Å². The number of aliphatic hydroxyl groups excluding tert-OH is 1. The van der Waals surface area contributed by atoms with Crippen LogP contribution in [-0.2, 0) is 14.6 Å². The molecular formula is C9H21NO4S. The topological polar surface area (TPSA) is 75.6 Å². The number of rotatable bonds is 9. The SMILES string of the molecule is CCS(=O)(=O)CCC(O)CNCCOC. The van der Waals surface area contributed by atoms with Gasteiger partial charge in [0.25, 0.3) is 0 Å². The molecule has 0 radical (unpaired) electrons. The normalized spacial score (nSPS) is 14.1. The Kier molecular flexibility index (Phi) is 7.95. The molecule has 15 heavy (non-hydrogen) atoms. The summed E-state index contributed by atoms with van der Waals surface area (Å²) in [5.41, 5.74) is 0. The molecule has 0 saturated carbocycles. The molecule has 6 heteroatoms. The molecule has 0 aromatic carbocycles. The van der Waals surface area contributed by atoms with Gasteiger partial charge in [0, 0.05) is 26.0 Å². The first-order valence-electron chi connectivity index (χ1n) is 5.10. The van der Waals surface area contributed by atoms with Crippen molar-refractivity contribution in [3.63, 3.8) is 0 Å². The Balaban J connectivity index is 3.53. The van der Waals surface area contributed by atoms with Crippen LogP contribution in [0.5, 0.6) is 0 Å². The van der Waals surface area contributed by atoms with Gasteiger partial charge in [-0.1, -0.05) is 6.92 Å². The quantitative estimate of drug-likeness (QED) is 0.526. The average Bonchev–Trinajstić information content (AvgIpc) is 2.22. The third-order valence-electron chi connectivity index (χ3n) is 2.06. The Bertz CT molecular complexity index is 240. The van der Waals surface area contributed by atoms with Crippen molar-refractivity contribution in [2.45, 2.75) is 19.4 Å². The molecule has 0 rings (SSSR count). The summed E-state index contributed by atoms with van der Waals surface area (Å²) in [6.07, 6.45) is -0.320. The van der Waals surface area contributed by atoms with E-state index in [4.69, 9.17) is 4.74 Å². The summed E-state index contributed by atoms with van der Waals surface area (Å²) in [5, 5.41) is 12.4. The molecule has 1 atom stereocenters. The van der Waals surface area contributed by atoms with Crippen LogP contribution in [0.3, 0.4) is 0 Å². The van der Waals surface area contributed by atoms with Gasteiger partial charge in [-0.3, -0.25) is 0 Å². The zero-order chi connectivity index (χ0) is 11.7. The highest BCUT2D eigenvalue weighted by Gasteiger charge is 2.11. The molecular weight excluding hydrogens is 218 g/mol. The van der Waals surface area contributed by atoms with Crippen LogP contribution < -0.4 is 5.32 Å². The lowest BCUT2D eigenvalue weighted by molar-refractivity contribution is 0.157. The van der Waals surface area contributed by atoms with Crippen molar-refractivity contribution in [1.29, 1.82) is 0 Å². The first kappa shape index (κ1) is 14.8. The van der Waals surface area contributed by atoms with Crippen molar-refractivity contribution in [3.8, 4) is 0 Å². The van der Waals surface area contributed by atoms with E-state index in [2.05, 4.69) is 5.32 Å². The van der Waals surface area contributed by atoms with Gasteiger partial charge in [0.2, 0.25) is 0 Å². The van der Waals surface area contributed by atoms with Crippen LogP contribution >= 0.6 is 0 Å². The molecule has 5 nitrogen and oxygen atoms in total. The molecule has 0 amide bonds. The maximum Gasteiger partial charge on any atom is 0.150 e. The predicted molar refractivity (Wildman–Crippen MR) is 59.7 cm³/mol. The number of hydrogen-bond donors (Lipinski definition) is 2. The fourth-order valence-electron chi connectivity index (χ4n) is 1.00. The van der Waals surface area contributed by atoms with Gasteiger partial charge in [-0.2, -0.15) is 0 Å². The van der Waals surface area contributed by atoms with Gasteiger partial charge in [0.05, 0.1) is 18.5 Å². The molecule has 0 fully saturated rings. The summed E-state index contributed by atoms with van der Waals surface area (Å²) < 4.78 is 27.1. The van der Waals surface area contributed by atoms with Gasteiger partial charge < -0.3 is 15.2 Å². The molecule has 0 spiro atoms. The predicted octanol–water partition coefficient (Wildman–Crippen LogP) is -0.592. The highest BCUT2D eigenvalue weighted by molar-refractivity contribution is 7.91. The standard InChI is InChI=1S/C9H21NO4S/c1-3-15(12,13)7-4-9(11)8-10-5-6-14-2/h9-11H,3-8H2,1-2H3. The molecule has 2 N–H and O–H groups in total. The minimum absolute atomic E-state index is 0.0522. The summed E-state index contributed by atoms with van der Waals surface area (Å²) in [6, 6.07) is 0. The summed E-state index contributed by atoms with van der Waals surface area (Å²) in [4.78, 5) is 0. The van der Waals surface area contributed by atoms with Gasteiger partial charge in [0.15, 0.2) is 0 Å². The van der Waals surface area contributed by atoms with Crippen LogP contribution in [0.2, 0.25) is 0 Å². The monoisotopic (exact) mass is 239 g/mol. The second-order valence-electron chi connectivity index (χ2n) is 3.38. The molecule has 0 aliphatic heterocycles. The van der Waals surface area contributed by atoms with Crippen molar-refractivity contribution in [2.75, 3.05) is 38.3 Å². The van der Waals surface area contributed by atoms with Gasteiger partial charge in [-0.05, 0) is 6.42 Å². The second-order valence-corrected chi connectivity index (χ2v) is 5.85. The van der Waals surface area contributed by atoms with Gasteiger partial charge in [-0.15, -0.1) is 0 Å². The smallest absolute Gasteiger partial charge is 0.150 e. The third kappa shape index (κ3) is 8.80. The molecule has 0 heterocycles. The van der Waals surface area contributed by atoms with E-state index in [1.807, 2.05) is 0 Å². The first-order chi connectivity index (χ1) is 7.02. The Morgan fingerprint density at radius 1 is 1.47 bits per heavy atom. The van der Waals surface area contributed by atoms with E-state index in [1.54, 1.807) is 14.0 Å². The molecule has 0 aromatic heterocycles. The van der Waals surface area contributed by atoms with E-state index in [0.717, 1.165) is 0 Å². The molecule has 0 aliphatic carbocycles. The van der Waals surface area contributed by atoms with E-state index >= 15 is 0 Å². The number of nitrogens with one attached hydrogen (secondary N) is 1. The first-order valence-corrected chi connectivity index (χ1v) is 6.92. The van der Waals surface area contributed by atoms with Gasteiger partial charge in [0.1, 0.15) is 9.84 Å². The van der Waals surface area contributed by atoms with Crippen LogP contribution in [0.4, 0.5) is 0 Å². The van der Waals surface area contributed by atoms with E-state index in [-0.39, 0.29) is 17.9 Å². The maximum absolute atomic E-state index is 11.1. The van der Waals surface area contributed by atoms with E-state index in [0.29, 0.717) is 19.7 Å². The number of aliphatic hydroxyl groups is 1. The number of sulfone groups is 1.